The van der Waals surface area contributed by atoms with Crippen LogP contribution in [0.3, 0.4) is 0 Å². The van der Waals surface area contributed by atoms with Gasteiger partial charge in [0.15, 0.2) is 0 Å². The monoisotopic (exact) mass is 290 g/mol. The predicted octanol–water partition coefficient (Wildman–Crippen LogP) is 1.10. The van der Waals surface area contributed by atoms with Crippen LogP contribution in [0.2, 0.25) is 0 Å². The van der Waals surface area contributed by atoms with Crippen molar-refractivity contribution in [2.45, 2.75) is 50.7 Å². The molecule has 3 atom stereocenters. The van der Waals surface area contributed by atoms with Crippen molar-refractivity contribution in [3.05, 3.63) is 18.1 Å². The fraction of sp³-hybridized carbons (Fsp3) is 0.667. The predicted molar refractivity (Wildman–Crippen MR) is 78.9 cm³/mol. The molecule has 2 aliphatic rings. The molecule has 1 aliphatic carbocycles. The van der Waals surface area contributed by atoms with Crippen LogP contribution in [0.5, 0.6) is 0 Å². The number of nitrogens with two attached hydrogens (primary N) is 1. The highest BCUT2D eigenvalue weighted by atomic mass is 16.3. The minimum absolute atomic E-state index is 0.197. The van der Waals surface area contributed by atoms with Crippen LogP contribution in [0.4, 0.5) is 5.82 Å². The van der Waals surface area contributed by atoms with Crippen LogP contribution in [-0.4, -0.2) is 39.7 Å². The van der Waals surface area contributed by atoms with Crippen LogP contribution >= 0.6 is 0 Å². The maximum absolute atomic E-state index is 11.3. The maximum Gasteiger partial charge on any atom is 0.268 e. The van der Waals surface area contributed by atoms with Gasteiger partial charge in [-0.15, -0.1) is 0 Å². The number of anilines is 1. The molecule has 1 aliphatic heterocycles. The summed E-state index contributed by atoms with van der Waals surface area (Å²) in [5.74, 6) is 0.435. The lowest BCUT2D eigenvalue weighted by atomic mass is 9.80. The zero-order valence-corrected chi connectivity index (χ0v) is 12.1. The third kappa shape index (κ3) is 2.85. The van der Waals surface area contributed by atoms with E-state index >= 15 is 0 Å². The lowest BCUT2D eigenvalue weighted by Gasteiger charge is -2.37. The minimum Gasteiger partial charge on any atom is -0.393 e. The number of nitrogens with zero attached hydrogens (tertiary/aromatic N) is 3. The van der Waals surface area contributed by atoms with Crippen LogP contribution in [0, 0.1) is 5.92 Å². The molecule has 1 saturated heterocycles. The van der Waals surface area contributed by atoms with Gasteiger partial charge in [-0.05, 0) is 25.7 Å². The number of carbonyl (C=O) groups excluding carboxylic acids is 1. The van der Waals surface area contributed by atoms with E-state index in [-0.39, 0.29) is 17.8 Å². The van der Waals surface area contributed by atoms with E-state index in [9.17, 15) is 9.90 Å². The average Bonchev–Trinajstić information content (AvgIpc) is 2.97. The second kappa shape index (κ2) is 5.97. The van der Waals surface area contributed by atoms with E-state index < -0.39 is 5.91 Å². The van der Waals surface area contributed by atoms with E-state index in [0.717, 1.165) is 38.6 Å². The molecule has 114 valence electrons. The van der Waals surface area contributed by atoms with Crippen molar-refractivity contribution in [1.29, 1.82) is 0 Å². The molecule has 2 heterocycles. The van der Waals surface area contributed by atoms with Gasteiger partial charge in [0, 0.05) is 18.5 Å². The summed E-state index contributed by atoms with van der Waals surface area (Å²) in [6, 6.07) is 0.290. The van der Waals surface area contributed by atoms with Crippen molar-refractivity contribution in [2.24, 2.45) is 11.7 Å². The van der Waals surface area contributed by atoms with Gasteiger partial charge in [-0.25, -0.2) is 4.98 Å². The van der Waals surface area contributed by atoms with E-state index in [4.69, 9.17) is 5.73 Å². The molecule has 3 rings (SSSR count). The molecule has 21 heavy (non-hydrogen) atoms. The van der Waals surface area contributed by atoms with E-state index in [1.807, 2.05) is 0 Å². The first-order valence-electron chi connectivity index (χ1n) is 7.73. The normalized spacial score (nSPS) is 29.6. The summed E-state index contributed by atoms with van der Waals surface area (Å²) in [7, 11) is 0. The fourth-order valence-corrected chi connectivity index (χ4v) is 3.72. The Labute approximate surface area is 124 Å². The Morgan fingerprint density at radius 1 is 1.24 bits per heavy atom. The van der Waals surface area contributed by atoms with Crippen LogP contribution in [0.25, 0.3) is 0 Å². The van der Waals surface area contributed by atoms with Gasteiger partial charge in [-0.3, -0.25) is 9.78 Å². The van der Waals surface area contributed by atoms with Crippen LogP contribution in [0.1, 0.15) is 49.0 Å². The Hall–Kier alpha value is -1.69. The fourth-order valence-electron chi connectivity index (χ4n) is 3.72. The first-order chi connectivity index (χ1) is 10.2. The molecular formula is C15H22N4O2. The lowest BCUT2D eigenvalue weighted by molar-refractivity contribution is 0.0565. The highest BCUT2D eigenvalue weighted by Crippen LogP contribution is 2.36. The second-order valence-electron chi connectivity index (χ2n) is 6.05. The number of rotatable bonds is 3. The largest absolute Gasteiger partial charge is 0.393 e. The standard InChI is InChI=1S/C15H22N4O2/c16-15(21)11-8-17-9-14(18-11)19-7-3-5-12(19)10-4-1-2-6-13(10)20/h8-10,12-13,20H,1-7H2,(H2,16,21). The first kappa shape index (κ1) is 14.3. The summed E-state index contributed by atoms with van der Waals surface area (Å²) < 4.78 is 0. The zero-order valence-electron chi connectivity index (χ0n) is 12.1. The summed E-state index contributed by atoms with van der Waals surface area (Å²) >= 11 is 0. The number of aliphatic hydroxyl groups excluding tert-OH is 1. The summed E-state index contributed by atoms with van der Waals surface area (Å²) in [6.07, 6.45) is 9.23. The summed E-state index contributed by atoms with van der Waals surface area (Å²) in [6.45, 7) is 0.894. The summed E-state index contributed by atoms with van der Waals surface area (Å²) in [4.78, 5) is 21.9. The van der Waals surface area contributed by atoms with E-state index in [1.54, 1.807) is 6.20 Å². The van der Waals surface area contributed by atoms with Gasteiger partial charge < -0.3 is 15.7 Å². The van der Waals surface area contributed by atoms with Crippen LogP contribution in [-0.2, 0) is 0 Å². The number of primary amides is 1. The SMILES string of the molecule is NC(=O)c1cncc(N2CCCC2C2CCCCC2O)n1. The van der Waals surface area contributed by atoms with Crippen molar-refractivity contribution in [3.63, 3.8) is 0 Å². The van der Waals surface area contributed by atoms with Gasteiger partial charge in [0.25, 0.3) is 5.91 Å². The molecule has 2 fully saturated rings. The molecule has 3 N–H and O–H groups in total. The third-order valence-electron chi connectivity index (χ3n) is 4.74. The number of aliphatic hydroxyl groups is 1. The molecule has 1 amide bonds. The van der Waals surface area contributed by atoms with Gasteiger partial charge in [-0.2, -0.15) is 0 Å². The van der Waals surface area contributed by atoms with Gasteiger partial charge in [0.2, 0.25) is 0 Å². The van der Waals surface area contributed by atoms with Crippen molar-refractivity contribution in [2.75, 3.05) is 11.4 Å². The van der Waals surface area contributed by atoms with Crippen LogP contribution < -0.4 is 10.6 Å². The van der Waals surface area contributed by atoms with E-state index in [0.29, 0.717) is 11.7 Å². The van der Waals surface area contributed by atoms with Gasteiger partial charge in [0.1, 0.15) is 11.5 Å². The van der Waals surface area contributed by atoms with Crippen molar-refractivity contribution >= 4 is 11.7 Å². The Morgan fingerprint density at radius 3 is 2.81 bits per heavy atom. The molecule has 1 aromatic rings. The average molecular weight is 290 g/mol. The quantitative estimate of drug-likeness (QED) is 0.869. The maximum atomic E-state index is 11.3. The Balaban J connectivity index is 1.83. The molecule has 0 radical (unpaired) electrons. The highest BCUT2D eigenvalue weighted by molar-refractivity contribution is 5.90. The number of hydrogen-bond acceptors (Lipinski definition) is 5. The molecule has 1 aromatic heterocycles. The molecule has 0 spiro atoms. The number of hydrogen-bond donors (Lipinski definition) is 2. The highest BCUT2D eigenvalue weighted by Gasteiger charge is 2.37. The van der Waals surface area contributed by atoms with Crippen molar-refractivity contribution in [1.82, 2.24) is 9.97 Å². The minimum atomic E-state index is -0.558. The summed E-state index contributed by atoms with van der Waals surface area (Å²) in [5.41, 5.74) is 5.48. The van der Waals surface area contributed by atoms with Gasteiger partial charge in [0.05, 0.1) is 18.5 Å². The molecule has 0 aromatic carbocycles. The van der Waals surface area contributed by atoms with Crippen molar-refractivity contribution in [3.8, 4) is 0 Å². The smallest absolute Gasteiger partial charge is 0.268 e. The lowest BCUT2D eigenvalue weighted by Crippen LogP contribution is -2.43. The topological polar surface area (TPSA) is 92.3 Å². The first-order valence-corrected chi connectivity index (χ1v) is 7.73. The number of aromatic nitrogens is 2. The second-order valence-corrected chi connectivity index (χ2v) is 6.05. The molecular weight excluding hydrogens is 268 g/mol. The molecule has 6 nitrogen and oxygen atoms in total. The number of carbonyl (C=O) groups is 1. The van der Waals surface area contributed by atoms with Gasteiger partial charge in [-0.1, -0.05) is 12.8 Å². The van der Waals surface area contributed by atoms with Crippen LogP contribution in [0.15, 0.2) is 12.4 Å². The molecule has 0 bridgehead atoms. The third-order valence-corrected chi connectivity index (χ3v) is 4.74. The number of amides is 1. The van der Waals surface area contributed by atoms with E-state index in [2.05, 4.69) is 14.9 Å². The Kier molecular flexibility index (Phi) is 4.05. The Morgan fingerprint density at radius 2 is 2.05 bits per heavy atom. The molecule has 6 heteroatoms. The molecule has 3 unspecified atom stereocenters. The zero-order chi connectivity index (χ0) is 14.8. The Bertz CT molecular complexity index is 522. The van der Waals surface area contributed by atoms with Crippen molar-refractivity contribution < 1.29 is 9.90 Å². The molecule has 1 saturated carbocycles. The van der Waals surface area contributed by atoms with E-state index in [1.165, 1.54) is 12.6 Å². The van der Waals surface area contributed by atoms with Gasteiger partial charge >= 0.3 is 0 Å². The summed E-state index contributed by atoms with van der Waals surface area (Å²) in [5, 5.41) is 10.3.